The third-order valence-corrected chi connectivity index (χ3v) is 14.8. The van der Waals surface area contributed by atoms with Gasteiger partial charge in [-0.3, -0.25) is 9.59 Å². The maximum atomic E-state index is 12.5. The molecule has 2 atom stereocenters. The number of nitrogens with one attached hydrogen (secondary N) is 1. The van der Waals surface area contributed by atoms with Gasteiger partial charge in [0.1, 0.15) is 0 Å². The third kappa shape index (κ3) is 58.9. The highest BCUT2D eigenvalue weighted by Crippen LogP contribution is 2.17. The van der Waals surface area contributed by atoms with Crippen LogP contribution in [0.1, 0.15) is 341 Å². The molecule has 0 aliphatic carbocycles. The first-order valence-electron chi connectivity index (χ1n) is 32.4. The van der Waals surface area contributed by atoms with Crippen LogP contribution in [0.2, 0.25) is 0 Å². The van der Waals surface area contributed by atoms with Crippen molar-refractivity contribution in [1.29, 1.82) is 0 Å². The van der Waals surface area contributed by atoms with Crippen molar-refractivity contribution in [1.82, 2.24) is 5.32 Å². The van der Waals surface area contributed by atoms with Gasteiger partial charge < -0.3 is 20.3 Å². The first-order chi connectivity index (χ1) is 36.0. The highest BCUT2D eigenvalue weighted by molar-refractivity contribution is 5.76. The fourth-order valence-corrected chi connectivity index (χ4v) is 9.82. The number of allylic oxidation sites excluding steroid dienone is 7. The van der Waals surface area contributed by atoms with E-state index in [9.17, 15) is 19.8 Å². The number of aliphatic hydroxyl groups is 2. The lowest BCUT2D eigenvalue weighted by Gasteiger charge is -2.20. The van der Waals surface area contributed by atoms with E-state index in [1.54, 1.807) is 6.08 Å². The smallest absolute Gasteiger partial charge is 0.305 e. The number of hydrogen-bond acceptors (Lipinski definition) is 5. The number of carbonyl (C=O) groups excluding carboxylic acids is 2. The Morgan fingerprint density at radius 2 is 0.699 bits per heavy atom. The topological polar surface area (TPSA) is 95.9 Å². The minimum absolute atomic E-state index is 0.000962. The molecule has 6 heteroatoms. The lowest BCUT2D eigenvalue weighted by atomic mass is 10.0. The third-order valence-electron chi connectivity index (χ3n) is 14.8. The first kappa shape index (κ1) is 70.8. The van der Waals surface area contributed by atoms with Gasteiger partial charge in [0, 0.05) is 12.8 Å². The van der Waals surface area contributed by atoms with Gasteiger partial charge in [-0.05, 0) is 83.5 Å². The van der Waals surface area contributed by atoms with Crippen LogP contribution in [0.25, 0.3) is 0 Å². The maximum Gasteiger partial charge on any atom is 0.305 e. The maximum absolute atomic E-state index is 12.5. The molecule has 0 spiro atoms. The molecule has 428 valence electrons. The minimum Gasteiger partial charge on any atom is -0.466 e. The predicted molar refractivity (Wildman–Crippen MR) is 319 cm³/mol. The molecule has 2 unspecified atom stereocenters. The van der Waals surface area contributed by atoms with E-state index in [4.69, 9.17) is 4.74 Å². The number of esters is 1. The molecule has 0 radical (unpaired) electrons. The summed E-state index contributed by atoms with van der Waals surface area (Å²) in [7, 11) is 0. The van der Waals surface area contributed by atoms with Crippen molar-refractivity contribution in [3.8, 4) is 0 Å². The number of ether oxygens (including phenoxy) is 1. The number of amides is 1. The zero-order chi connectivity index (χ0) is 52.9. The molecule has 0 bridgehead atoms. The van der Waals surface area contributed by atoms with E-state index in [1.807, 2.05) is 6.08 Å². The molecule has 0 fully saturated rings. The summed E-state index contributed by atoms with van der Waals surface area (Å²) in [4.78, 5) is 24.5. The molecule has 0 aromatic rings. The molecule has 3 N–H and O–H groups in total. The van der Waals surface area contributed by atoms with Gasteiger partial charge in [0.15, 0.2) is 0 Å². The standard InChI is InChI=1S/C67H125NO5/c1-3-5-7-9-11-13-15-17-19-32-35-39-43-47-51-55-59-65(70)64(63-69)68-66(71)60-56-52-48-44-40-36-33-30-28-26-24-22-20-21-23-25-27-29-31-34-38-42-46-50-54-58-62-73-67(72)61-57-53-49-45-41-37-18-16-14-12-10-8-6-4-2/h10,12,16,18,20,22,55,59,64-65,69-70H,3-9,11,13-15,17,19,21,23-54,56-58,60-63H2,1-2H3,(H,68,71)/b12-10-,18-16-,22-20-,59-55+. The fourth-order valence-electron chi connectivity index (χ4n) is 9.82. The van der Waals surface area contributed by atoms with Gasteiger partial charge in [0.2, 0.25) is 5.91 Å². The van der Waals surface area contributed by atoms with E-state index >= 15 is 0 Å². The van der Waals surface area contributed by atoms with Crippen molar-refractivity contribution in [2.24, 2.45) is 0 Å². The van der Waals surface area contributed by atoms with Gasteiger partial charge in [-0.1, -0.05) is 294 Å². The second kappa shape index (κ2) is 62.4. The molecule has 0 rings (SSSR count). The van der Waals surface area contributed by atoms with Crippen molar-refractivity contribution in [2.75, 3.05) is 13.2 Å². The first-order valence-corrected chi connectivity index (χ1v) is 32.4. The average molecular weight is 1020 g/mol. The van der Waals surface area contributed by atoms with Crippen molar-refractivity contribution in [3.63, 3.8) is 0 Å². The number of unbranched alkanes of at least 4 members (excludes halogenated alkanes) is 43. The van der Waals surface area contributed by atoms with Crippen LogP contribution < -0.4 is 5.32 Å². The van der Waals surface area contributed by atoms with Crippen LogP contribution in [-0.4, -0.2) is 47.4 Å². The quantitative estimate of drug-likeness (QED) is 0.0320. The molecule has 0 aromatic carbocycles. The predicted octanol–water partition coefficient (Wildman–Crippen LogP) is 20.5. The molecule has 0 aromatic heterocycles. The number of carbonyl (C=O) groups is 2. The van der Waals surface area contributed by atoms with Crippen LogP contribution in [-0.2, 0) is 14.3 Å². The van der Waals surface area contributed by atoms with E-state index in [2.05, 4.69) is 55.6 Å². The van der Waals surface area contributed by atoms with E-state index < -0.39 is 12.1 Å². The summed E-state index contributed by atoms with van der Waals surface area (Å²) >= 11 is 0. The second-order valence-corrected chi connectivity index (χ2v) is 22.1. The molecular formula is C67H125NO5. The van der Waals surface area contributed by atoms with Crippen LogP contribution in [0.4, 0.5) is 0 Å². The Bertz CT molecular complexity index is 1230. The zero-order valence-corrected chi connectivity index (χ0v) is 48.9. The van der Waals surface area contributed by atoms with Gasteiger partial charge in [-0.15, -0.1) is 0 Å². The van der Waals surface area contributed by atoms with E-state index in [0.717, 1.165) is 51.4 Å². The summed E-state index contributed by atoms with van der Waals surface area (Å²) < 4.78 is 5.47. The molecule has 0 saturated carbocycles. The van der Waals surface area contributed by atoms with Gasteiger partial charge in [0.05, 0.1) is 25.4 Å². The molecule has 0 heterocycles. The summed E-state index contributed by atoms with van der Waals surface area (Å²) in [6, 6.07) is -0.630. The normalized spacial score (nSPS) is 12.9. The van der Waals surface area contributed by atoms with Crippen molar-refractivity contribution in [2.45, 2.75) is 353 Å². The zero-order valence-electron chi connectivity index (χ0n) is 48.9. The molecule has 1 amide bonds. The number of hydrogen-bond donors (Lipinski definition) is 3. The van der Waals surface area contributed by atoms with Crippen LogP contribution in [0.15, 0.2) is 48.6 Å². The fraction of sp³-hybridized carbons (Fsp3) is 0.851. The molecule has 73 heavy (non-hydrogen) atoms. The van der Waals surface area contributed by atoms with Gasteiger partial charge in [-0.25, -0.2) is 0 Å². The van der Waals surface area contributed by atoms with Crippen LogP contribution in [0.3, 0.4) is 0 Å². The Morgan fingerprint density at radius 3 is 1.10 bits per heavy atom. The Morgan fingerprint density at radius 1 is 0.384 bits per heavy atom. The van der Waals surface area contributed by atoms with Gasteiger partial charge >= 0.3 is 5.97 Å². The van der Waals surface area contributed by atoms with Crippen molar-refractivity contribution < 1.29 is 24.5 Å². The average Bonchev–Trinajstić information content (AvgIpc) is 3.39. The van der Waals surface area contributed by atoms with E-state index in [-0.39, 0.29) is 18.5 Å². The molecule has 6 nitrogen and oxygen atoms in total. The van der Waals surface area contributed by atoms with E-state index in [1.165, 1.54) is 263 Å². The Balaban J connectivity index is 3.42. The largest absolute Gasteiger partial charge is 0.466 e. The summed E-state index contributed by atoms with van der Waals surface area (Å²) in [5, 5.41) is 23.2. The monoisotopic (exact) mass is 1020 g/mol. The van der Waals surface area contributed by atoms with Crippen molar-refractivity contribution >= 4 is 11.9 Å². The van der Waals surface area contributed by atoms with Crippen LogP contribution in [0, 0.1) is 0 Å². The molecular weight excluding hydrogens is 899 g/mol. The van der Waals surface area contributed by atoms with Gasteiger partial charge in [0.25, 0.3) is 0 Å². The number of aliphatic hydroxyl groups excluding tert-OH is 2. The Labute approximate surface area is 455 Å². The van der Waals surface area contributed by atoms with Gasteiger partial charge in [-0.2, -0.15) is 0 Å². The highest BCUT2D eigenvalue weighted by atomic mass is 16.5. The summed E-state index contributed by atoms with van der Waals surface area (Å²) in [5.41, 5.74) is 0. The molecule has 0 aliphatic heterocycles. The lowest BCUT2D eigenvalue weighted by Crippen LogP contribution is -2.45. The van der Waals surface area contributed by atoms with Crippen LogP contribution >= 0.6 is 0 Å². The molecule has 0 saturated heterocycles. The minimum atomic E-state index is -0.846. The summed E-state index contributed by atoms with van der Waals surface area (Å²) in [6.45, 7) is 4.87. The summed E-state index contributed by atoms with van der Waals surface area (Å²) in [5.74, 6) is -0.0696. The van der Waals surface area contributed by atoms with Crippen molar-refractivity contribution in [3.05, 3.63) is 48.6 Å². The molecule has 0 aliphatic rings. The SMILES string of the molecule is CCCC/C=C\C/C=C\CCCCCCCC(=O)OCCCCCCCCCCCCCC/C=C\CCCCCCCCCCCCC(=O)NC(CO)C(O)/C=C/CCCCCCCCCCCCCCCC. The Hall–Kier alpha value is -2.18. The van der Waals surface area contributed by atoms with Crippen LogP contribution in [0.5, 0.6) is 0 Å². The second-order valence-electron chi connectivity index (χ2n) is 22.1. The number of rotatable bonds is 60. The summed E-state index contributed by atoms with van der Waals surface area (Å²) in [6.07, 6.45) is 80.2. The lowest BCUT2D eigenvalue weighted by molar-refractivity contribution is -0.143. The van der Waals surface area contributed by atoms with E-state index in [0.29, 0.717) is 19.4 Å². The Kier molecular flexibility index (Phi) is 60.5. The highest BCUT2D eigenvalue weighted by Gasteiger charge is 2.18.